The number of nitrogens with one attached hydrogen (secondary N) is 1. The summed E-state index contributed by atoms with van der Waals surface area (Å²) in [4.78, 5) is 6.86. The number of thiazole rings is 1. The summed E-state index contributed by atoms with van der Waals surface area (Å²) in [5.41, 5.74) is 1.18. The van der Waals surface area contributed by atoms with Crippen molar-refractivity contribution in [1.82, 2.24) is 9.88 Å². The van der Waals surface area contributed by atoms with Gasteiger partial charge < -0.3 is 10.2 Å². The van der Waals surface area contributed by atoms with Crippen LogP contribution in [0.15, 0.2) is 5.38 Å². The van der Waals surface area contributed by atoms with Crippen LogP contribution in [-0.2, 0) is 6.42 Å². The quantitative estimate of drug-likeness (QED) is 0.795. The fraction of sp³-hybridized carbons (Fsp3) is 0.750. The van der Waals surface area contributed by atoms with Crippen LogP contribution in [0, 0.1) is 0 Å². The fourth-order valence-corrected chi connectivity index (χ4v) is 2.24. The number of anilines is 1. The van der Waals surface area contributed by atoms with E-state index in [4.69, 9.17) is 0 Å². The Morgan fingerprint density at radius 3 is 2.81 bits per heavy atom. The zero-order valence-electron chi connectivity index (χ0n) is 10.8. The molecule has 3 nitrogen and oxygen atoms in total. The van der Waals surface area contributed by atoms with E-state index in [2.05, 4.69) is 48.4 Å². The molecule has 0 aliphatic carbocycles. The number of aromatic nitrogens is 1. The molecule has 0 saturated heterocycles. The van der Waals surface area contributed by atoms with Crippen molar-refractivity contribution < 1.29 is 0 Å². The highest BCUT2D eigenvalue weighted by Crippen LogP contribution is 2.15. The molecule has 1 rings (SSSR count). The molecule has 0 aromatic carbocycles. The Morgan fingerprint density at radius 1 is 1.50 bits per heavy atom. The largest absolute Gasteiger partial charge is 0.360 e. The van der Waals surface area contributed by atoms with Crippen LogP contribution in [0.2, 0.25) is 0 Å². The van der Waals surface area contributed by atoms with Gasteiger partial charge in [0.05, 0.1) is 5.69 Å². The Morgan fingerprint density at radius 2 is 2.25 bits per heavy atom. The lowest BCUT2D eigenvalue weighted by Gasteiger charge is -2.23. The first-order valence-corrected chi connectivity index (χ1v) is 6.93. The van der Waals surface area contributed by atoms with E-state index < -0.39 is 0 Å². The molecule has 4 heteroatoms. The molecule has 0 spiro atoms. The summed E-state index contributed by atoms with van der Waals surface area (Å²) in [6.45, 7) is 8.66. The normalized spacial score (nSPS) is 13.1. The number of likely N-dealkylation sites (N-methyl/N-ethyl adjacent to an activating group) is 1. The maximum Gasteiger partial charge on any atom is 0.182 e. The van der Waals surface area contributed by atoms with Gasteiger partial charge in [0.25, 0.3) is 0 Å². The summed E-state index contributed by atoms with van der Waals surface area (Å²) in [5, 5.41) is 6.55. The van der Waals surface area contributed by atoms with Crippen LogP contribution < -0.4 is 5.32 Å². The molecule has 0 bridgehead atoms. The van der Waals surface area contributed by atoms with Crippen LogP contribution in [0.5, 0.6) is 0 Å². The van der Waals surface area contributed by atoms with Crippen molar-refractivity contribution >= 4 is 16.5 Å². The Labute approximate surface area is 103 Å². The van der Waals surface area contributed by atoms with Gasteiger partial charge in [0.1, 0.15) is 0 Å². The predicted molar refractivity (Wildman–Crippen MR) is 72.4 cm³/mol. The number of rotatable bonds is 7. The van der Waals surface area contributed by atoms with Gasteiger partial charge >= 0.3 is 0 Å². The Bertz CT molecular complexity index is 298. The minimum Gasteiger partial charge on any atom is -0.360 e. The molecule has 0 aliphatic heterocycles. The van der Waals surface area contributed by atoms with Crippen LogP contribution >= 0.6 is 11.3 Å². The average Bonchev–Trinajstić information content (AvgIpc) is 2.75. The molecular formula is C12H23N3S. The highest BCUT2D eigenvalue weighted by molar-refractivity contribution is 7.13. The van der Waals surface area contributed by atoms with Crippen molar-refractivity contribution in [3.63, 3.8) is 0 Å². The van der Waals surface area contributed by atoms with Crippen LogP contribution in [-0.4, -0.2) is 36.1 Å². The lowest BCUT2D eigenvalue weighted by molar-refractivity contribution is 0.261. The number of hydrogen-bond donors (Lipinski definition) is 1. The van der Waals surface area contributed by atoms with Gasteiger partial charge in [0.15, 0.2) is 5.13 Å². The van der Waals surface area contributed by atoms with Crippen molar-refractivity contribution in [3.05, 3.63) is 11.1 Å². The van der Waals surface area contributed by atoms with Crippen LogP contribution in [0.3, 0.4) is 0 Å². The molecule has 1 unspecified atom stereocenters. The summed E-state index contributed by atoms with van der Waals surface area (Å²) in [7, 11) is 2.18. The van der Waals surface area contributed by atoms with Gasteiger partial charge in [0.2, 0.25) is 0 Å². The third-order valence-corrected chi connectivity index (χ3v) is 3.85. The molecular weight excluding hydrogens is 218 g/mol. The van der Waals surface area contributed by atoms with Crippen molar-refractivity contribution in [2.24, 2.45) is 0 Å². The van der Waals surface area contributed by atoms with E-state index in [-0.39, 0.29) is 0 Å². The minimum absolute atomic E-state index is 0.657. The summed E-state index contributed by atoms with van der Waals surface area (Å²) < 4.78 is 0. The summed E-state index contributed by atoms with van der Waals surface area (Å²) in [5.74, 6) is 0. The number of aryl methyl sites for hydroxylation is 1. The van der Waals surface area contributed by atoms with Gasteiger partial charge in [-0.1, -0.05) is 13.8 Å². The second-order valence-electron chi connectivity index (χ2n) is 4.16. The van der Waals surface area contributed by atoms with E-state index in [1.54, 1.807) is 11.3 Å². The molecule has 16 heavy (non-hydrogen) atoms. The van der Waals surface area contributed by atoms with Crippen molar-refractivity contribution in [3.8, 4) is 0 Å². The first-order valence-electron chi connectivity index (χ1n) is 6.05. The maximum absolute atomic E-state index is 4.48. The zero-order valence-corrected chi connectivity index (χ0v) is 11.6. The van der Waals surface area contributed by atoms with Gasteiger partial charge in [-0.3, -0.25) is 0 Å². The van der Waals surface area contributed by atoms with Crippen molar-refractivity contribution in [2.45, 2.75) is 39.7 Å². The second kappa shape index (κ2) is 6.86. The molecule has 1 N–H and O–H groups in total. The SMILES string of the molecule is CCc1csc(NCCN(C)C(C)CC)n1. The predicted octanol–water partition coefficient (Wildman–Crippen LogP) is 2.85. The fourth-order valence-electron chi connectivity index (χ4n) is 1.42. The molecule has 1 aromatic rings. The molecule has 92 valence electrons. The van der Waals surface area contributed by atoms with Gasteiger partial charge in [0, 0.05) is 24.5 Å². The summed E-state index contributed by atoms with van der Waals surface area (Å²) in [6, 6.07) is 0.657. The van der Waals surface area contributed by atoms with Crippen LogP contribution in [0.25, 0.3) is 0 Å². The van der Waals surface area contributed by atoms with Gasteiger partial charge in [-0.2, -0.15) is 0 Å². The standard InChI is InChI=1S/C12H23N3S/c1-5-10(3)15(4)8-7-13-12-14-11(6-2)9-16-12/h9-10H,5-8H2,1-4H3,(H,13,14). The maximum atomic E-state index is 4.48. The Kier molecular flexibility index (Phi) is 5.77. The first-order chi connectivity index (χ1) is 7.67. The number of hydrogen-bond acceptors (Lipinski definition) is 4. The minimum atomic E-state index is 0.657. The number of nitrogens with zero attached hydrogens (tertiary/aromatic N) is 2. The van der Waals surface area contributed by atoms with Crippen molar-refractivity contribution in [2.75, 3.05) is 25.5 Å². The summed E-state index contributed by atoms with van der Waals surface area (Å²) in [6.07, 6.45) is 2.22. The van der Waals surface area contributed by atoms with Gasteiger partial charge in [-0.15, -0.1) is 11.3 Å². The van der Waals surface area contributed by atoms with E-state index in [0.717, 1.165) is 24.6 Å². The first kappa shape index (κ1) is 13.5. The second-order valence-corrected chi connectivity index (χ2v) is 5.02. The van der Waals surface area contributed by atoms with Crippen LogP contribution in [0.4, 0.5) is 5.13 Å². The van der Waals surface area contributed by atoms with E-state index in [9.17, 15) is 0 Å². The molecule has 0 aliphatic rings. The molecule has 1 heterocycles. The van der Waals surface area contributed by atoms with E-state index in [1.165, 1.54) is 12.1 Å². The van der Waals surface area contributed by atoms with Crippen molar-refractivity contribution in [1.29, 1.82) is 0 Å². The monoisotopic (exact) mass is 241 g/mol. The molecule has 1 atom stereocenters. The average molecular weight is 241 g/mol. The van der Waals surface area contributed by atoms with E-state index in [1.807, 2.05) is 0 Å². The highest BCUT2D eigenvalue weighted by Gasteiger charge is 2.06. The Hall–Kier alpha value is -0.610. The summed E-state index contributed by atoms with van der Waals surface area (Å²) >= 11 is 1.70. The van der Waals surface area contributed by atoms with Gasteiger partial charge in [-0.25, -0.2) is 4.98 Å². The smallest absolute Gasteiger partial charge is 0.182 e. The lowest BCUT2D eigenvalue weighted by Crippen LogP contribution is -2.32. The van der Waals surface area contributed by atoms with E-state index >= 15 is 0 Å². The third-order valence-electron chi connectivity index (χ3n) is 3.00. The van der Waals surface area contributed by atoms with E-state index in [0.29, 0.717) is 6.04 Å². The van der Waals surface area contributed by atoms with Gasteiger partial charge in [-0.05, 0) is 26.8 Å². The molecule has 1 aromatic heterocycles. The lowest BCUT2D eigenvalue weighted by atomic mass is 10.2. The Balaban J connectivity index is 2.24. The molecule has 0 fully saturated rings. The van der Waals surface area contributed by atoms with Crippen LogP contribution in [0.1, 0.15) is 32.9 Å². The topological polar surface area (TPSA) is 28.2 Å². The molecule has 0 amide bonds. The molecule has 0 saturated carbocycles. The third kappa shape index (κ3) is 4.10. The zero-order chi connectivity index (χ0) is 12.0. The molecule has 0 radical (unpaired) electrons. The highest BCUT2D eigenvalue weighted by atomic mass is 32.1.